The molecule has 1 heterocycles. The molecule has 3 aromatic rings. The van der Waals surface area contributed by atoms with E-state index in [1.165, 1.54) is 7.11 Å². The van der Waals surface area contributed by atoms with Crippen LogP contribution in [0.25, 0.3) is 0 Å². The van der Waals surface area contributed by atoms with Crippen molar-refractivity contribution in [1.82, 2.24) is 4.90 Å². The van der Waals surface area contributed by atoms with Gasteiger partial charge in [0.25, 0.3) is 0 Å². The molecule has 1 aliphatic heterocycles. The van der Waals surface area contributed by atoms with Crippen LogP contribution < -0.4 is 10.1 Å². The number of alkyl halides is 2. The van der Waals surface area contributed by atoms with Crippen LogP contribution in [-0.2, 0) is 24.1 Å². The van der Waals surface area contributed by atoms with Gasteiger partial charge in [-0.2, -0.15) is 0 Å². The zero-order chi connectivity index (χ0) is 27.0. The van der Waals surface area contributed by atoms with Crippen molar-refractivity contribution in [3.05, 3.63) is 95.1 Å². The average molecular weight is 549 g/mol. The summed E-state index contributed by atoms with van der Waals surface area (Å²) in [6.45, 7) is 3.62. The number of hydrogen-bond acceptors (Lipinski definition) is 4. The maximum atomic E-state index is 14.3. The van der Waals surface area contributed by atoms with Crippen LogP contribution in [0.15, 0.2) is 72.8 Å². The molecule has 0 spiro atoms. The highest BCUT2D eigenvalue weighted by Crippen LogP contribution is 2.69. The van der Waals surface area contributed by atoms with Crippen molar-refractivity contribution in [3.8, 4) is 5.75 Å². The molecule has 1 fully saturated rings. The van der Waals surface area contributed by atoms with Gasteiger partial charge in [-0.15, -0.1) is 23.2 Å². The Bertz CT molecular complexity index is 1380. The lowest BCUT2D eigenvalue weighted by atomic mass is 9.54. The molecule has 7 rings (SSSR count). The van der Waals surface area contributed by atoms with Crippen LogP contribution in [0.5, 0.6) is 5.75 Å². The first kappa shape index (κ1) is 25.0. The molecule has 38 heavy (non-hydrogen) atoms. The largest absolute Gasteiger partial charge is 0.497 e. The summed E-state index contributed by atoms with van der Waals surface area (Å²) in [5.74, 6) is -3.14. The molecule has 1 N–H and O–H groups in total. The van der Waals surface area contributed by atoms with Crippen LogP contribution in [-0.4, -0.2) is 35.8 Å². The molecule has 0 unspecified atom stereocenters. The predicted octanol–water partition coefficient (Wildman–Crippen LogP) is 5.25. The van der Waals surface area contributed by atoms with Crippen LogP contribution in [0.1, 0.15) is 36.1 Å². The third-order valence-electron chi connectivity index (χ3n) is 8.13. The molecule has 3 atom stereocenters. The van der Waals surface area contributed by atoms with E-state index in [1.54, 1.807) is 24.3 Å². The van der Waals surface area contributed by atoms with Crippen LogP contribution in [0, 0.1) is 17.8 Å². The van der Waals surface area contributed by atoms with Gasteiger partial charge in [0, 0.05) is 11.8 Å². The smallest absolute Gasteiger partial charge is 0.247 e. The number of ether oxygens (including phenoxy) is 1. The number of methoxy groups -OCH3 is 1. The number of rotatable bonds is 5. The number of benzene rings is 3. The van der Waals surface area contributed by atoms with E-state index in [0.29, 0.717) is 11.4 Å². The zero-order valence-electron chi connectivity index (χ0n) is 21.1. The zero-order valence-corrected chi connectivity index (χ0v) is 22.6. The number of carbonyl (C=O) groups excluding carboxylic acids is 3. The van der Waals surface area contributed by atoms with Gasteiger partial charge in [0.1, 0.15) is 21.5 Å². The summed E-state index contributed by atoms with van der Waals surface area (Å²) in [6, 6.07) is 20.8. The third kappa shape index (κ3) is 3.10. The van der Waals surface area contributed by atoms with Crippen molar-refractivity contribution in [3.63, 3.8) is 0 Å². The molecule has 2 bridgehead atoms. The minimum atomic E-state index is -1.29. The fourth-order valence-corrected chi connectivity index (χ4v) is 7.70. The second kappa shape index (κ2) is 8.58. The monoisotopic (exact) mass is 548 g/mol. The molecule has 0 radical (unpaired) electrons. The first-order valence-electron chi connectivity index (χ1n) is 12.5. The molecule has 1 saturated heterocycles. The Balaban J connectivity index is 1.47. The number of anilines is 1. The van der Waals surface area contributed by atoms with E-state index in [9.17, 15) is 14.4 Å². The van der Waals surface area contributed by atoms with Crippen LogP contribution >= 0.6 is 23.2 Å². The normalized spacial score (nSPS) is 27.6. The maximum absolute atomic E-state index is 14.3. The molecule has 8 heteroatoms. The van der Waals surface area contributed by atoms with E-state index in [-0.39, 0.29) is 5.92 Å². The van der Waals surface area contributed by atoms with Gasteiger partial charge in [-0.05, 0) is 40.3 Å². The van der Waals surface area contributed by atoms with E-state index in [1.807, 2.05) is 62.4 Å². The number of likely N-dealkylation sites (tertiary alicyclic amines) is 1. The van der Waals surface area contributed by atoms with Gasteiger partial charge in [-0.3, -0.25) is 19.3 Å². The molecule has 6 nitrogen and oxygen atoms in total. The number of carbonyl (C=O) groups is 3. The van der Waals surface area contributed by atoms with Gasteiger partial charge in [0.2, 0.25) is 17.7 Å². The molecule has 194 valence electrons. The fourth-order valence-electron chi connectivity index (χ4n) is 6.60. The van der Waals surface area contributed by atoms with E-state index in [4.69, 9.17) is 27.9 Å². The third-order valence-corrected chi connectivity index (χ3v) is 9.42. The summed E-state index contributed by atoms with van der Waals surface area (Å²) in [6.07, 6.45) is 0. The number of imide groups is 1. The van der Waals surface area contributed by atoms with Gasteiger partial charge in [0.15, 0.2) is 0 Å². The minimum Gasteiger partial charge on any atom is -0.497 e. The highest BCUT2D eigenvalue weighted by molar-refractivity contribution is 6.36. The van der Waals surface area contributed by atoms with Crippen LogP contribution in [0.2, 0.25) is 0 Å². The molecular formula is C30H26Cl2N2O4. The van der Waals surface area contributed by atoms with Crippen LogP contribution in [0.4, 0.5) is 5.69 Å². The van der Waals surface area contributed by atoms with Crippen molar-refractivity contribution < 1.29 is 19.1 Å². The molecular weight excluding hydrogens is 523 g/mol. The topological polar surface area (TPSA) is 75.7 Å². The average Bonchev–Trinajstić information content (AvgIpc) is 3.18. The minimum absolute atomic E-state index is 0.367. The number of nitrogens with one attached hydrogen (secondary N) is 1. The summed E-state index contributed by atoms with van der Waals surface area (Å²) >= 11 is 15.0. The van der Waals surface area contributed by atoms with Gasteiger partial charge in [-0.1, -0.05) is 68.4 Å². The summed E-state index contributed by atoms with van der Waals surface area (Å²) in [5, 5.41) is 2.86. The van der Waals surface area contributed by atoms with Crippen molar-refractivity contribution in [1.29, 1.82) is 0 Å². The second-order valence-corrected chi connectivity index (χ2v) is 11.6. The van der Waals surface area contributed by atoms with Crippen molar-refractivity contribution in [2.24, 2.45) is 17.8 Å². The Labute approximate surface area is 230 Å². The van der Waals surface area contributed by atoms with E-state index < -0.39 is 45.3 Å². The molecule has 4 aliphatic rings. The van der Waals surface area contributed by atoms with Crippen LogP contribution in [0.3, 0.4) is 0 Å². The highest BCUT2D eigenvalue weighted by Gasteiger charge is 2.73. The second-order valence-electron chi connectivity index (χ2n) is 10.4. The Morgan fingerprint density at radius 2 is 1.32 bits per heavy atom. The lowest BCUT2D eigenvalue weighted by molar-refractivity contribution is -0.148. The number of nitrogens with zero attached hydrogens (tertiary/aromatic N) is 1. The summed E-state index contributed by atoms with van der Waals surface area (Å²) in [5.41, 5.74) is 3.39. The highest BCUT2D eigenvalue weighted by atomic mass is 35.5. The molecule has 3 aliphatic carbocycles. The Hall–Kier alpha value is -3.35. The van der Waals surface area contributed by atoms with Gasteiger partial charge >= 0.3 is 0 Å². The number of amides is 3. The lowest BCUT2D eigenvalue weighted by Crippen LogP contribution is -2.57. The van der Waals surface area contributed by atoms with Gasteiger partial charge in [0.05, 0.1) is 18.9 Å². The summed E-state index contributed by atoms with van der Waals surface area (Å²) in [7, 11) is 1.54. The van der Waals surface area contributed by atoms with E-state index in [2.05, 4.69) is 5.32 Å². The molecule has 0 saturated carbocycles. The van der Waals surface area contributed by atoms with Crippen molar-refractivity contribution >= 4 is 46.6 Å². The Morgan fingerprint density at radius 3 is 1.74 bits per heavy atom. The SMILES string of the molecule is COc1cccc(NC(=O)[C@H](C(C)C)N2C(=O)[C@@H]3[C@H](C2=O)C2(Cl)c4ccccc4C3(Cl)c3ccccc32)c1. The molecule has 0 aromatic heterocycles. The predicted molar refractivity (Wildman–Crippen MR) is 145 cm³/mol. The first-order valence-corrected chi connectivity index (χ1v) is 13.3. The van der Waals surface area contributed by atoms with Gasteiger partial charge in [-0.25, -0.2) is 0 Å². The standard InChI is InChI=1S/C30H26Cl2N2O4/c1-16(2)25(26(35)33-17-9-8-10-18(15-17)38-3)34-27(36)23-24(28(34)37)30(32)20-12-5-4-11-19(20)29(23,31)21-13-6-7-14-22(21)30/h4-16,23-25H,1-3H3,(H,33,35)/t23-,24+,25-,29?,30?/m0/s1. The fraction of sp³-hybridized carbons (Fsp3) is 0.300. The van der Waals surface area contributed by atoms with E-state index >= 15 is 0 Å². The lowest BCUT2D eigenvalue weighted by Gasteiger charge is -2.54. The van der Waals surface area contributed by atoms with Crippen molar-refractivity contribution in [2.75, 3.05) is 12.4 Å². The molecule has 3 aromatic carbocycles. The molecule has 3 amide bonds. The number of halogens is 2. The first-order chi connectivity index (χ1) is 18.1. The summed E-state index contributed by atoms with van der Waals surface area (Å²) < 4.78 is 5.26. The number of hydrogen-bond donors (Lipinski definition) is 1. The Morgan fingerprint density at radius 1 is 0.842 bits per heavy atom. The quantitative estimate of drug-likeness (QED) is 0.349. The van der Waals surface area contributed by atoms with Crippen molar-refractivity contribution in [2.45, 2.75) is 29.6 Å². The van der Waals surface area contributed by atoms with E-state index in [0.717, 1.165) is 27.2 Å². The maximum Gasteiger partial charge on any atom is 0.247 e. The Kier molecular flexibility index (Phi) is 5.64. The van der Waals surface area contributed by atoms with Gasteiger partial charge < -0.3 is 10.1 Å². The summed E-state index contributed by atoms with van der Waals surface area (Å²) in [4.78, 5) is 40.7.